The number of fused-ring (bicyclic) bond motifs is 6. The minimum absolute atomic E-state index is 0.611. The van der Waals surface area contributed by atoms with Gasteiger partial charge in [-0.3, -0.25) is 0 Å². The smallest absolute Gasteiger partial charge is 0.171 e. The van der Waals surface area contributed by atoms with Crippen LogP contribution in [0.5, 0.6) is 0 Å². The van der Waals surface area contributed by atoms with Crippen molar-refractivity contribution in [3.63, 3.8) is 0 Å². The molecule has 0 fully saturated rings. The van der Waals surface area contributed by atoms with Crippen molar-refractivity contribution in [3.8, 4) is 12.1 Å². The first-order chi connectivity index (χ1) is 18.6. The van der Waals surface area contributed by atoms with Crippen LogP contribution < -0.4 is 15.9 Å². The SMILES string of the molecule is N#Cc1ccc2sc3ccc(P(=O)(c4ccccc4)c4ccc5sc6ccc(C#N)cc6c5c4)cc3c2c1. The van der Waals surface area contributed by atoms with Crippen molar-refractivity contribution < 1.29 is 4.57 Å². The molecular weight excluding hydrogens is 523 g/mol. The van der Waals surface area contributed by atoms with Gasteiger partial charge in [0.15, 0.2) is 7.14 Å². The van der Waals surface area contributed by atoms with E-state index in [9.17, 15) is 10.5 Å². The van der Waals surface area contributed by atoms with Gasteiger partial charge in [0, 0.05) is 56.3 Å². The molecule has 178 valence electrons. The second-order valence-electron chi connectivity index (χ2n) is 9.16. The van der Waals surface area contributed by atoms with E-state index < -0.39 is 7.14 Å². The summed E-state index contributed by atoms with van der Waals surface area (Å²) in [4.78, 5) is 0. The van der Waals surface area contributed by atoms with Crippen molar-refractivity contribution >= 4 is 86.1 Å². The van der Waals surface area contributed by atoms with E-state index in [0.717, 1.165) is 56.3 Å². The van der Waals surface area contributed by atoms with Gasteiger partial charge in [0.25, 0.3) is 0 Å². The van der Waals surface area contributed by atoms with Gasteiger partial charge in [-0.25, -0.2) is 0 Å². The average molecular weight is 541 g/mol. The Balaban J connectivity index is 1.52. The molecule has 0 radical (unpaired) electrons. The first-order valence-electron chi connectivity index (χ1n) is 12.0. The van der Waals surface area contributed by atoms with E-state index in [4.69, 9.17) is 0 Å². The maximum Gasteiger partial charge on any atom is 0.171 e. The minimum atomic E-state index is -3.25. The molecule has 0 N–H and O–H groups in total. The molecule has 6 heteroatoms. The Labute approximate surface area is 226 Å². The van der Waals surface area contributed by atoms with Gasteiger partial charge in [0.2, 0.25) is 0 Å². The summed E-state index contributed by atoms with van der Waals surface area (Å²) >= 11 is 3.35. The van der Waals surface area contributed by atoms with E-state index in [2.05, 4.69) is 24.3 Å². The van der Waals surface area contributed by atoms with Crippen molar-refractivity contribution in [2.75, 3.05) is 0 Å². The topological polar surface area (TPSA) is 64.7 Å². The summed E-state index contributed by atoms with van der Waals surface area (Å²) in [6.45, 7) is 0. The van der Waals surface area contributed by atoms with Crippen molar-refractivity contribution in [3.05, 3.63) is 114 Å². The fourth-order valence-corrected chi connectivity index (χ4v) is 9.96. The Morgan fingerprint density at radius 1 is 0.500 bits per heavy atom. The molecule has 0 bridgehead atoms. The van der Waals surface area contributed by atoms with Crippen LogP contribution in [0.15, 0.2) is 103 Å². The molecule has 0 aliphatic carbocycles. The van der Waals surface area contributed by atoms with Gasteiger partial charge < -0.3 is 4.57 Å². The zero-order valence-electron chi connectivity index (χ0n) is 19.9. The van der Waals surface area contributed by atoms with E-state index >= 15 is 4.57 Å². The third-order valence-corrected chi connectivity index (χ3v) is 12.4. The molecule has 38 heavy (non-hydrogen) atoms. The predicted molar refractivity (Wildman–Crippen MR) is 161 cm³/mol. The molecule has 2 aromatic heterocycles. The highest BCUT2D eigenvalue weighted by Crippen LogP contribution is 2.46. The number of thiophene rings is 2. The third-order valence-electron chi connectivity index (χ3n) is 7.01. The van der Waals surface area contributed by atoms with Crippen LogP contribution in [-0.4, -0.2) is 0 Å². The fourth-order valence-electron chi connectivity index (χ4n) is 5.15. The molecule has 0 spiro atoms. The summed E-state index contributed by atoms with van der Waals surface area (Å²) in [6.07, 6.45) is 0. The van der Waals surface area contributed by atoms with Crippen LogP contribution in [0.3, 0.4) is 0 Å². The van der Waals surface area contributed by atoms with E-state index in [1.165, 1.54) is 0 Å². The lowest BCUT2D eigenvalue weighted by Crippen LogP contribution is -2.24. The highest BCUT2D eigenvalue weighted by molar-refractivity contribution is 7.85. The maximum atomic E-state index is 15.4. The average Bonchev–Trinajstić information content (AvgIpc) is 3.53. The van der Waals surface area contributed by atoms with Crippen LogP contribution in [0.25, 0.3) is 40.3 Å². The van der Waals surface area contributed by atoms with Crippen LogP contribution in [0.1, 0.15) is 11.1 Å². The van der Waals surface area contributed by atoms with E-state index in [1.807, 2.05) is 91.0 Å². The zero-order chi connectivity index (χ0) is 25.9. The van der Waals surface area contributed by atoms with Gasteiger partial charge >= 0.3 is 0 Å². The Kier molecular flexibility index (Phi) is 5.22. The summed E-state index contributed by atoms with van der Waals surface area (Å²) in [5, 5.41) is 25.2. The highest BCUT2D eigenvalue weighted by atomic mass is 32.1. The number of hydrogen-bond donors (Lipinski definition) is 0. The Morgan fingerprint density at radius 3 is 1.37 bits per heavy atom. The van der Waals surface area contributed by atoms with Gasteiger partial charge in [0.1, 0.15) is 0 Å². The number of nitriles is 2. The Morgan fingerprint density at radius 2 is 0.921 bits per heavy atom. The fraction of sp³-hybridized carbons (Fsp3) is 0. The van der Waals surface area contributed by atoms with Gasteiger partial charge in [-0.2, -0.15) is 10.5 Å². The lowest BCUT2D eigenvalue weighted by atomic mass is 10.1. The van der Waals surface area contributed by atoms with Crippen molar-refractivity contribution in [2.45, 2.75) is 0 Å². The maximum absolute atomic E-state index is 15.4. The molecule has 0 aliphatic heterocycles. The Bertz CT molecular complexity index is 2060. The lowest BCUT2D eigenvalue weighted by molar-refractivity contribution is 0.592. The minimum Gasteiger partial charge on any atom is -0.309 e. The van der Waals surface area contributed by atoms with Gasteiger partial charge in [-0.15, -0.1) is 22.7 Å². The second kappa shape index (κ2) is 8.66. The molecule has 0 saturated carbocycles. The standard InChI is InChI=1S/C32H17N2OPS2/c33-18-20-6-10-29-25(14-20)27-16-23(8-12-31(27)37-29)36(35,22-4-2-1-3-5-22)24-9-13-32-28(17-24)26-15-21(19-34)7-11-30(26)38-32/h1-17H. The van der Waals surface area contributed by atoms with Crippen molar-refractivity contribution in [1.29, 1.82) is 10.5 Å². The number of rotatable bonds is 3. The third kappa shape index (κ3) is 3.42. The van der Waals surface area contributed by atoms with Crippen molar-refractivity contribution in [1.82, 2.24) is 0 Å². The van der Waals surface area contributed by atoms with Gasteiger partial charge in [-0.1, -0.05) is 30.3 Å². The summed E-state index contributed by atoms with van der Waals surface area (Å²) < 4.78 is 19.8. The summed E-state index contributed by atoms with van der Waals surface area (Å²) in [5.41, 5.74) is 1.22. The molecule has 0 aliphatic rings. The molecule has 3 nitrogen and oxygen atoms in total. The van der Waals surface area contributed by atoms with Crippen LogP contribution in [-0.2, 0) is 4.57 Å². The van der Waals surface area contributed by atoms with Crippen LogP contribution in [0.4, 0.5) is 0 Å². The molecule has 0 saturated heterocycles. The predicted octanol–water partition coefficient (Wildman–Crippen LogP) is 7.81. The van der Waals surface area contributed by atoms with Crippen LogP contribution in [0.2, 0.25) is 0 Å². The quantitative estimate of drug-likeness (QED) is 0.215. The second-order valence-corrected chi connectivity index (χ2v) is 14.1. The molecule has 0 unspecified atom stereocenters. The first kappa shape index (κ1) is 22.9. The Hall–Kier alpha value is -4.25. The normalized spacial score (nSPS) is 11.7. The molecule has 7 aromatic rings. The zero-order valence-corrected chi connectivity index (χ0v) is 22.4. The summed E-state index contributed by atoms with van der Waals surface area (Å²) in [5.74, 6) is 0. The van der Waals surface area contributed by atoms with Gasteiger partial charge in [0.05, 0.1) is 23.3 Å². The molecule has 5 aromatic carbocycles. The summed E-state index contributed by atoms with van der Waals surface area (Å²) in [7, 11) is -3.25. The van der Waals surface area contributed by atoms with E-state index in [1.54, 1.807) is 22.7 Å². The lowest BCUT2D eigenvalue weighted by Gasteiger charge is -2.20. The molecule has 2 heterocycles. The molecular formula is C32H17N2OPS2. The highest BCUT2D eigenvalue weighted by Gasteiger charge is 2.31. The molecule has 0 amide bonds. The van der Waals surface area contributed by atoms with Gasteiger partial charge in [-0.05, 0) is 72.8 Å². The van der Waals surface area contributed by atoms with E-state index in [-0.39, 0.29) is 0 Å². The van der Waals surface area contributed by atoms with E-state index in [0.29, 0.717) is 11.1 Å². The summed E-state index contributed by atoms with van der Waals surface area (Å²) in [6, 6.07) is 37.8. The number of hydrogen-bond acceptors (Lipinski definition) is 5. The van der Waals surface area contributed by atoms with Crippen molar-refractivity contribution in [2.24, 2.45) is 0 Å². The number of nitrogens with zero attached hydrogens (tertiary/aromatic N) is 2. The monoisotopic (exact) mass is 540 g/mol. The van der Waals surface area contributed by atoms with Crippen LogP contribution >= 0.6 is 29.8 Å². The van der Waals surface area contributed by atoms with Crippen LogP contribution in [0, 0.1) is 22.7 Å². The molecule has 0 atom stereocenters. The number of benzene rings is 5. The largest absolute Gasteiger partial charge is 0.309 e. The first-order valence-corrected chi connectivity index (χ1v) is 15.3. The molecule has 7 rings (SSSR count).